The van der Waals surface area contributed by atoms with Crippen LogP contribution >= 0.6 is 0 Å². The molecule has 0 aromatic rings. The highest BCUT2D eigenvalue weighted by Crippen LogP contribution is 2.16. The van der Waals surface area contributed by atoms with Gasteiger partial charge in [0.1, 0.15) is 0 Å². The monoisotopic (exact) mass is 434 g/mol. The molecule has 0 amide bonds. The van der Waals surface area contributed by atoms with E-state index in [1.165, 1.54) is 77.0 Å². The third-order valence-corrected chi connectivity index (χ3v) is 6.44. The molecule has 2 unspecified atom stereocenters. The summed E-state index contributed by atoms with van der Waals surface area (Å²) in [6, 6.07) is 0. The fourth-order valence-corrected chi connectivity index (χ4v) is 4.37. The van der Waals surface area contributed by atoms with Gasteiger partial charge in [-0.25, -0.2) is 8.37 Å². The Morgan fingerprint density at radius 1 is 0.552 bits per heavy atom. The van der Waals surface area contributed by atoms with Crippen molar-refractivity contribution < 1.29 is 16.8 Å². The Morgan fingerprint density at radius 2 is 0.862 bits per heavy atom. The lowest BCUT2D eigenvalue weighted by Crippen LogP contribution is -2.18. The van der Waals surface area contributed by atoms with Gasteiger partial charge in [-0.05, 0) is 24.7 Å². The summed E-state index contributed by atoms with van der Waals surface area (Å²) >= 11 is 0. The van der Waals surface area contributed by atoms with Gasteiger partial charge in [-0.15, -0.1) is 0 Å². The zero-order valence-electron chi connectivity index (χ0n) is 19.9. The summed E-state index contributed by atoms with van der Waals surface area (Å²) in [7, 11) is -3.86. The Hall–Kier alpha value is -0.130. The Kier molecular flexibility index (Phi) is 19.7. The molecule has 0 aromatic carbocycles. The molecule has 0 spiro atoms. The van der Waals surface area contributed by atoms with Gasteiger partial charge in [0.15, 0.2) is 0 Å². The second-order valence-electron chi connectivity index (χ2n) is 9.01. The van der Waals surface area contributed by atoms with Crippen LogP contribution in [0.5, 0.6) is 0 Å². The second-order valence-corrected chi connectivity index (χ2v) is 10.3. The summed E-state index contributed by atoms with van der Waals surface area (Å²) in [5.74, 6) is 0.489. The Labute approximate surface area is 182 Å². The van der Waals surface area contributed by atoms with Gasteiger partial charge in [0, 0.05) is 0 Å². The lowest BCUT2D eigenvalue weighted by atomic mass is 10.0. The van der Waals surface area contributed by atoms with Crippen LogP contribution < -0.4 is 0 Å². The van der Waals surface area contributed by atoms with Crippen molar-refractivity contribution >= 4 is 10.4 Å². The maximum absolute atomic E-state index is 11.9. The van der Waals surface area contributed by atoms with Gasteiger partial charge < -0.3 is 0 Å². The minimum atomic E-state index is -3.86. The summed E-state index contributed by atoms with van der Waals surface area (Å²) in [6.45, 7) is 9.02. The van der Waals surface area contributed by atoms with Crippen molar-refractivity contribution in [3.8, 4) is 0 Å². The van der Waals surface area contributed by atoms with E-state index in [0.717, 1.165) is 25.7 Å². The smallest absolute Gasteiger partial charge is 0.248 e. The van der Waals surface area contributed by atoms with Crippen LogP contribution in [0.15, 0.2) is 0 Å². The lowest BCUT2D eigenvalue weighted by Gasteiger charge is -2.14. The zero-order chi connectivity index (χ0) is 21.8. The molecule has 0 heterocycles. The number of hydrogen-bond acceptors (Lipinski definition) is 4. The fraction of sp³-hybridized carbons (Fsp3) is 1.00. The van der Waals surface area contributed by atoms with E-state index in [2.05, 4.69) is 27.7 Å². The summed E-state index contributed by atoms with van der Waals surface area (Å²) < 4.78 is 34.1. The van der Waals surface area contributed by atoms with Crippen LogP contribution in [0.3, 0.4) is 0 Å². The molecule has 176 valence electrons. The van der Waals surface area contributed by atoms with Crippen molar-refractivity contribution in [2.75, 3.05) is 13.2 Å². The number of hydrogen-bond donors (Lipinski definition) is 0. The molecule has 0 aliphatic heterocycles. The van der Waals surface area contributed by atoms with E-state index in [1.807, 2.05) is 0 Å². The predicted octanol–water partition coefficient (Wildman–Crippen LogP) is 7.82. The molecule has 0 fully saturated rings. The van der Waals surface area contributed by atoms with E-state index in [1.54, 1.807) is 0 Å². The van der Waals surface area contributed by atoms with Gasteiger partial charge in [0.25, 0.3) is 0 Å². The fourth-order valence-electron chi connectivity index (χ4n) is 3.50. The highest BCUT2D eigenvalue weighted by Gasteiger charge is 2.16. The van der Waals surface area contributed by atoms with E-state index in [0.29, 0.717) is 0 Å². The number of rotatable bonds is 22. The van der Waals surface area contributed by atoms with Crippen molar-refractivity contribution in [1.29, 1.82) is 0 Å². The maximum Gasteiger partial charge on any atom is 0.399 e. The molecule has 0 aliphatic carbocycles. The van der Waals surface area contributed by atoms with Crippen molar-refractivity contribution in [3.05, 3.63) is 0 Å². The first-order valence-electron chi connectivity index (χ1n) is 12.4. The van der Waals surface area contributed by atoms with Gasteiger partial charge in [-0.1, -0.05) is 118 Å². The van der Waals surface area contributed by atoms with Crippen LogP contribution in [0, 0.1) is 11.8 Å². The van der Waals surface area contributed by atoms with E-state index in [4.69, 9.17) is 8.37 Å². The summed E-state index contributed by atoms with van der Waals surface area (Å²) in [4.78, 5) is 0. The maximum atomic E-state index is 11.9. The van der Waals surface area contributed by atoms with Crippen molar-refractivity contribution in [2.45, 2.75) is 130 Å². The van der Waals surface area contributed by atoms with E-state index >= 15 is 0 Å². The molecule has 4 nitrogen and oxygen atoms in total. The molecule has 0 bridgehead atoms. The van der Waals surface area contributed by atoms with Gasteiger partial charge in [0.05, 0.1) is 13.2 Å². The van der Waals surface area contributed by atoms with Crippen molar-refractivity contribution in [2.24, 2.45) is 11.8 Å². The van der Waals surface area contributed by atoms with Gasteiger partial charge >= 0.3 is 10.4 Å². The quantitative estimate of drug-likeness (QED) is 0.163. The minimum Gasteiger partial charge on any atom is -0.248 e. The number of unbranched alkanes of at least 4 members (excludes halogenated alkanes) is 12. The van der Waals surface area contributed by atoms with Crippen LogP contribution in [-0.2, 0) is 18.8 Å². The third kappa shape index (κ3) is 20.9. The van der Waals surface area contributed by atoms with Crippen LogP contribution in [-0.4, -0.2) is 21.6 Å². The van der Waals surface area contributed by atoms with Crippen molar-refractivity contribution in [1.82, 2.24) is 0 Å². The summed E-state index contributed by atoms with van der Waals surface area (Å²) in [5, 5.41) is 0. The summed E-state index contributed by atoms with van der Waals surface area (Å²) in [5.41, 5.74) is 0. The molecule has 0 saturated carbocycles. The van der Waals surface area contributed by atoms with Crippen LogP contribution in [0.1, 0.15) is 130 Å². The Bertz CT molecular complexity index is 402. The molecule has 0 radical (unpaired) electrons. The average molecular weight is 435 g/mol. The third-order valence-electron chi connectivity index (χ3n) is 5.59. The van der Waals surface area contributed by atoms with Crippen LogP contribution in [0.4, 0.5) is 0 Å². The largest absolute Gasteiger partial charge is 0.399 e. The SMILES string of the molecule is CCCCCCCCCC(C)COS(=O)(=O)OCC(C)CCCCCCCCC. The average Bonchev–Trinajstić information content (AvgIpc) is 2.69. The first-order chi connectivity index (χ1) is 13.9. The first-order valence-corrected chi connectivity index (χ1v) is 13.8. The molecule has 5 heteroatoms. The molecule has 29 heavy (non-hydrogen) atoms. The summed E-state index contributed by atoms with van der Waals surface area (Å²) in [6.07, 6.45) is 19.9. The van der Waals surface area contributed by atoms with E-state index < -0.39 is 10.4 Å². The van der Waals surface area contributed by atoms with Crippen LogP contribution in [0.2, 0.25) is 0 Å². The zero-order valence-corrected chi connectivity index (χ0v) is 20.7. The Morgan fingerprint density at radius 3 is 1.21 bits per heavy atom. The Balaban J connectivity index is 3.68. The van der Waals surface area contributed by atoms with E-state index in [-0.39, 0.29) is 25.0 Å². The van der Waals surface area contributed by atoms with Gasteiger partial charge in [-0.2, -0.15) is 8.42 Å². The topological polar surface area (TPSA) is 52.6 Å². The van der Waals surface area contributed by atoms with E-state index in [9.17, 15) is 8.42 Å². The lowest BCUT2D eigenvalue weighted by molar-refractivity contribution is 0.170. The van der Waals surface area contributed by atoms with Gasteiger partial charge in [-0.3, -0.25) is 0 Å². The van der Waals surface area contributed by atoms with Gasteiger partial charge in [0.2, 0.25) is 0 Å². The second kappa shape index (κ2) is 19.8. The molecular formula is C24H50O4S. The van der Waals surface area contributed by atoms with Crippen molar-refractivity contribution in [3.63, 3.8) is 0 Å². The molecule has 0 saturated heterocycles. The molecule has 0 rings (SSSR count). The standard InChI is InChI=1S/C24H50O4S/c1-5-7-9-11-13-15-17-19-23(3)21-27-29(25,26)28-22-24(4)20-18-16-14-12-10-8-6-2/h23-24H,5-22H2,1-4H3. The minimum absolute atomic E-state index is 0.226. The molecule has 0 aromatic heterocycles. The highest BCUT2D eigenvalue weighted by atomic mass is 32.3. The normalized spacial score (nSPS) is 14.2. The van der Waals surface area contributed by atoms with Crippen LogP contribution in [0.25, 0.3) is 0 Å². The molecular weight excluding hydrogens is 384 g/mol. The predicted molar refractivity (Wildman–Crippen MR) is 124 cm³/mol. The highest BCUT2D eigenvalue weighted by molar-refractivity contribution is 7.81. The molecule has 0 N–H and O–H groups in total. The molecule has 0 aliphatic rings. The molecule has 2 atom stereocenters. The first kappa shape index (κ1) is 28.9.